The maximum atomic E-state index is 11.1. The molecule has 1 heterocycles. The Bertz CT molecular complexity index is 393. The van der Waals surface area contributed by atoms with Crippen LogP contribution in [0.4, 0.5) is 0 Å². The molecule has 1 aliphatic rings. The summed E-state index contributed by atoms with van der Waals surface area (Å²) < 4.78 is 5.53. The fourth-order valence-electron chi connectivity index (χ4n) is 1.78. The van der Waals surface area contributed by atoms with Crippen molar-refractivity contribution in [2.45, 2.75) is 19.4 Å². The van der Waals surface area contributed by atoms with Crippen molar-refractivity contribution < 1.29 is 9.53 Å². The van der Waals surface area contributed by atoms with Crippen LogP contribution >= 0.6 is 12.6 Å². The highest BCUT2D eigenvalue weighted by atomic mass is 32.1. The molecule has 0 atom stereocenters. The van der Waals surface area contributed by atoms with Crippen LogP contribution in [0.5, 0.6) is 5.75 Å². The third-order valence-corrected chi connectivity index (χ3v) is 2.89. The summed E-state index contributed by atoms with van der Waals surface area (Å²) in [6, 6.07) is 6.08. The number of thiol groups is 1. The van der Waals surface area contributed by atoms with Gasteiger partial charge in [0, 0.05) is 6.54 Å². The first-order valence-electron chi connectivity index (χ1n) is 5.42. The van der Waals surface area contributed by atoms with Gasteiger partial charge in [0.05, 0.1) is 12.4 Å². The molecule has 1 N–H and O–H groups in total. The number of amides is 1. The van der Waals surface area contributed by atoms with Crippen molar-refractivity contribution in [3.05, 3.63) is 29.3 Å². The highest BCUT2D eigenvalue weighted by Crippen LogP contribution is 2.25. The Morgan fingerprint density at radius 2 is 2.38 bits per heavy atom. The Labute approximate surface area is 101 Å². The number of aryl methyl sites for hydroxylation is 1. The summed E-state index contributed by atoms with van der Waals surface area (Å²) in [5.41, 5.74) is 2.35. The highest BCUT2D eigenvalue weighted by molar-refractivity contribution is 7.81. The molecule has 1 aromatic rings. The van der Waals surface area contributed by atoms with E-state index in [1.807, 2.05) is 12.1 Å². The van der Waals surface area contributed by atoms with Gasteiger partial charge in [-0.3, -0.25) is 4.79 Å². The molecule has 86 valence electrons. The summed E-state index contributed by atoms with van der Waals surface area (Å²) in [4.78, 5) is 11.1. The van der Waals surface area contributed by atoms with Crippen LogP contribution in [0.1, 0.15) is 17.5 Å². The average Bonchev–Trinajstić information content (AvgIpc) is 2.35. The Morgan fingerprint density at radius 1 is 1.50 bits per heavy atom. The van der Waals surface area contributed by atoms with Gasteiger partial charge in [-0.05, 0) is 30.0 Å². The van der Waals surface area contributed by atoms with E-state index in [4.69, 9.17) is 4.74 Å². The molecule has 4 heteroatoms. The second-order valence-corrected chi connectivity index (χ2v) is 4.15. The first-order valence-corrected chi connectivity index (χ1v) is 6.05. The smallest absolute Gasteiger partial charge is 0.229 e. The monoisotopic (exact) mass is 237 g/mol. The van der Waals surface area contributed by atoms with E-state index in [0.717, 1.165) is 30.8 Å². The van der Waals surface area contributed by atoms with Crippen molar-refractivity contribution in [2.24, 2.45) is 0 Å². The van der Waals surface area contributed by atoms with Crippen LogP contribution in [0.15, 0.2) is 18.2 Å². The van der Waals surface area contributed by atoms with E-state index < -0.39 is 0 Å². The molecule has 0 aliphatic carbocycles. The number of benzene rings is 1. The molecular weight excluding hydrogens is 222 g/mol. The number of nitrogens with one attached hydrogen (secondary N) is 1. The van der Waals surface area contributed by atoms with E-state index in [0.29, 0.717) is 6.54 Å². The maximum absolute atomic E-state index is 11.1. The van der Waals surface area contributed by atoms with E-state index in [1.54, 1.807) is 0 Å². The average molecular weight is 237 g/mol. The van der Waals surface area contributed by atoms with Crippen molar-refractivity contribution in [3.63, 3.8) is 0 Å². The molecule has 0 aromatic heterocycles. The zero-order valence-electron chi connectivity index (χ0n) is 9.03. The minimum absolute atomic E-state index is 0.0442. The van der Waals surface area contributed by atoms with Crippen LogP contribution in [0, 0.1) is 0 Å². The number of ether oxygens (including phenoxy) is 1. The highest BCUT2D eigenvalue weighted by Gasteiger charge is 2.10. The Kier molecular flexibility index (Phi) is 3.72. The number of rotatable bonds is 3. The van der Waals surface area contributed by atoms with Gasteiger partial charge in [-0.2, -0.15) is 12.6 Å². The molecule has 3 nitrogen and oxygen atoms in total. The number of carbonyl (C=O) groups is 1. The van der Waals surface area contributed by atoms with Gasteiger partial charge < -0.3 is 10.1 Å². The van der Waals surface area contributed by atoms with Crippen molar-refractivity contribution >= 4 is 18.5 Å². The standard InChI is InChI=1S/C12H15NO2S/c14-12(8-16)13-7-9-3-4-11-10(6-9)2-1-5-15-11/h3-4,6,16H,1-2,5,7-8H2,(H,13,14). The predicted octanol–water partition coefficient (Wildman–Crippen LogP) is 1.56. The fourth-order valence-corrected chi connectivity index (χ4v) is 1.89. The van der Waals surface area contributed by atoms with E-state index in [1.165, 1.54) is 5.56 Å². The summed E-state index contributed by atoms with van der Waals surface area (Å²) in [7, 11) is 0. The number of hydrogen-bond donors (Lipinski definition) is 2. The lowest BCUT2D eigenvalue weighted by Gasteiger charge is -2.17. The second-order valence-electron chi connectivity index (χ2n) is 3.83. The fraction of sp³-hybridized carbons (Fsp3) is 0.417. The number of fused-ring (bicyclic) bond motifs is 1. The summed E-state index contributed by atoms with van der Waals surface area (Å²) in [5, 5.41) is 2.80. The van der Waals surface area contributed by atoms with Crippen molar-refractivity contribution in [1.82, 2.24) is 5.32 Å². The van der Waals surface area contributed by atoms with Crippen LogP contribution in [0.2, 0.25) is 0 Å². The SMILES string of the molecule is O=C(CS)NCc1ccc2c(c1)CCCO2. The van der Waals surface area contributed by atoms with Crippen molar-refractivity contribution in [1.29, 1.82) is 0 Å². The largest absolute Gasteiger partial charge is 0.493 e. The molecule has 1 aromatic carbocycles. The minimum atomic E-state index is -0.0442. The third kappa shape index (κ3) is 2.70. The second kappa shape index (κ2) is 5.25. The summed E-state index contributed by atoms with van der Waals surface area (Å²) in [6.45, 7) is 1.37. The Hall–Kier alpha value is -1.16. The molecule has 2 rings (SSSR count). The van der Waals surface area contributed by atoms with Crippen LogP contribution in [-0.4, -0.2) is 18.3 Å². The topological polar surface area (TPSA) is 38.3 Å². The van der Waals surface area contributed by atoms with Gasteiger partial charge in [0.15, 0.2) is 0 Å². The number of hydrogen-bond acceptors (Lipinski definition) is 3. The van der Waals surface area contributed by atoms with E-state index in [2.05, 4.69) is 24.0 Å². The van der Waals surface area contributed by atoms with Gasteiger partial charge in [-0.15, -0.1) is 0 Å². The molecule has 0 radical (unpaired) electrons. The molecule has 0 fully saturated rings. The van der Waals surface area contributed by atoms with Crippen LogP contribution < -0.4 is 10.1 Å². The van der Waals surface area contributed by atoms with Crippen molar-refractivity contribution in [2.75, 3.05) is 12.4 Å². The Balaban J connectivity index is 2.03. The zero-order valence-corrected chi connectivity index (χ0v) is 9.93. The van der Waals surface area contributed by atoms with Crippen LogP contribution in [0.3, 0.4) is 0 Å². The third-order valence-electron chi connectivity index (χ3n) is 2.61. The van der Waals surface area contributed by atoms with Crippen molar-refractivity contribution in [3.8, 4) is 5.75 Å². The van der Waals surface area contributed by atoms with Gasteiger partial charge in [-0.1, -0.05) is 12.1 Å². The lowest BCUT2D eigenvalue weighted by Crippen LogP contribution is -2.23. The van der Waals surface area contributed by atoms with Gasteiger partial charge in [0.25, 0.3) is 0 Å². The van der Waals surface area contributed by atoms with Gasteiger partial charge in [0.2, 0.25) is 5.91 Å². The molecular formula is C12H15NO2S. The minimum Gasteiger partial charge on any atom is -0.493 e. The maximum Gasteiger partial charge on any atom is 0.229 e. The molecule has 0 bridgehead atoms. The lowest BCUT2D eigenvalue weighted by atomic mass is 10.0. The quantitative estimate of drug-likeness (QED) is 0.783. The summed E-state index contributed by atoms with van der Waals surface area (Å²) >= 11 is 3.91. The molecule has 0 saturated heterocycles. The van der Waals surface area contributed by atoms with E-state index in [9.17, 15) is 4.79 Å². The van der Waals surface area contributed by atoms with Gasteiger partial charge in [0.1, 0.15) is 5.75 Å². The van der Waals surface area contributed by atoms with Crippen LogP contribution in [-0.2, 0) is 17.8 Å². The molecule has 0 unspecified atom stereocenters. The predicted molar refractivity (Wildman–Crippen MR) is 66.0 cm³/mol. The van der Waals surface area contributed by atoms with Crippen LogP contribution in [0.25, 0.3) is 0 Å². The molecule has 0 saturated carbocycles. The van der Waals surface area contributed by atoms with Gasteiger partial charge >= 0.3 is 0 Å². The first-order chi connectivity index (χ1) is 7.79. The van der Waals surface area contributed by atoms with E-state index >= 15 is 0 Å². The first kappa shape index (κ1) is 11.3. The normalized spacial score (nSPS) is 13.8. The molecule has 16 heavy (non-hydrogen) atoms. The lowest BCUT2D eigenvalue weighted by molar-refractivity contribution is -0.118. The summed E-state index contributed by atoms with van der Waals surface area (Å²) in [6.07, 6.45) is 2.13. The molecule has 0 spiro atoms. The summed E-state index contributed by atoms with van der Waals surface area (Å²) in [5.74, 6) is 1.17. The molecule has 1 aliphatic heterocycles. The molecule has 1 amide bonds. The zero-order chi connectivity index (χ0) is 11.4. The van der Waals surface area contributed by atoms with Gasteiger partial charge in [-0.25, -0.2) is 0 Å². The Morgan fingerprint density at radius 3 is 3.19 bits per heavy atom. The van der Waals surface area contributed by atoms with E-state index in [-0.39, 0.29) is 11.7 Å². The number of carbonyl (C=O) groups excluding carboxylic acids is 1.